The van der Waals surface area contributed by atoms with E-state index in [4.69, 9.17) is 5.73 Å². The second kappa shape index (κ2) is 5.12. The zero-order valence-electron chi connectivity index (χ0n) is 9.36. The van der Waals surface area contributed by atoms with Crippen LogP contribution in [0, 0.1) is 0 Å². The van der Waals surface area contributed by atoms with Crippen molar-refractivity contribution in [3.05, 3.63) is 35.9 Å². The molecule has 0 aliphatic heterocycles. The Hall–Kier alpha value is -1.35. The van der Waals surface area contributed by atoms with Crippen molar-refractivity contribution in [3.63, 3.8) is 0 Å². The Morgan fingerprint density at radius 3 is 2.75 bits per heavy atom. The molecule has 3 N–H and O–H groups in total. The number of nitrogens with two attached hydrogens (primary N) is 1. The molecular formula is C13H18N2O. The molecule has 2 atom stereocenters. The minimum atomic E-state index is -0.0483. The summed E-state index contributed by atoms with van der Waals surface area (Å²) in [6.45, 7) is 0.0814. The lowest BCUT2D eigenvalue weighted by Gasteiger charge is -2.21. The molecule has 1 fully saturated rings. The molecule has 1 saturated carbocycles. The summed E-state index contributed by atoms with van der Waals surface area (Å²) >= 11 is 0. The number of hydrogen-bond acceptors (Lipinski definition) is 2. The Bertz CT molecular complexity index is 350. The summed E-state index contributed by atoms with van der Waals surface area (Å²) in [6, 6.07) is 10.7. The zero-order chi connectivity index (χ0) is 11.4. The third-order valence-electron chi connectivity index (χ3n) is 3.28. The molecule has 3 heteroatoms. The molecular weight excluding hydrogens is 200 g/mol. The second-order valence-corrected chi connectivity index (χ2v) is 4.33. The predicted octanol–water partition coefficient (Wildman–Crippen LogP) is 1.40. The highest BCUT2D eigenvalue weighted by Gasteiger charge is 2.29. The number of carbonyl (C=O) groups is 1. The number of hydrogen-bond donors (Lipinski definition) is 2. The van der Waals surface area contributed by atoms with Gasteiger partial charge in [0.05, 0.1) is 6.54 Å². The Kier molecular flexibility index (Phi) is 3.57. The molecule has 0 heterocycles. The molecule has 1 aliphatic rings. The fraction of sp³-hybridized carbons (Fsp3) is 0.462. The Balaban J connectivity index is 2.06. The molecule has 1 amide bonds. The van der Waals surface area contributed by atoms with E-state index < -0.39 is 0 Å². The Labute approximate surface area is 96.0 Å². The van der Waals surface area contributed by atoms with Gasteiger partial charge in [0.25, 0.3) is 0 Å². The maximum Gasteiger partial charge on any atom is 0.233 e. The molecule has 2 unspecified atom stereocenters. The predicted molar refractivity (Wildman–Crippen MR) is 64.0 cm³/mol. The van der Waals surface area contributed by atoms with Crippen LogP contribution in [-0.2, 0) is 4.79 Å². The highest BCUT2D eigenvalue weighted by molar-refractivity contribution is 5.78. The summed E-state index contributed by atoms with van der Waals surface area (Å²) in [4.78, 5) is 11.3. The largest absolute Gasteiger partial charge is 0.352 e. The highest BCUT2D eigenvalue weighted by atomic mass is 16.1. The SMILES string of the molecule is NCC(=O)NC1CCCC1c1ccccc1. The summed E-state index contributed by atoms with van der Waals surface area (Å²) in [5, 5.41) is 3.01. The first-order chi connectivity index (χ1) is 7.81. The van der Waals surface area contributed by atoms with Crippen molar-refractivity contribution in [2.45, 2.75) is 31.2 Å². The van der Waals surface area contributed by atoms with Crippen LogP contribution < -0.4 is 11.1 Å². The van der Waals surface area contributed by atoms with Crippen molar-refractivity contribution in [2.24, 2.45) is 5.73 Å². The monoisotopic (exact) mass is 218 g/mol. The standard InChI is InChI=1S/C13H18N2O/c14-9-13(16)15-12-8-4-7-11(12)10-5-2-1-3-6-10/h1-3,5-6,11-12H,4,7-9,14H2,(H,15,16). The average molecular weight is 218 g/mol. The molecule has 1 aromatic rings. The average Bonchev–Trinajstić information content (AvgIpc) is 2.78. The van der Waals surface area contributed by atoms with Crippen LogP contribution in [0.25, 0.3) is 0 Å². The fourth-order valence-electron chi connectivity index (χ4n) is 2.50. The minimum Gasteiger partial charge on any atom is -0.352 e. The molecule has 1 aromatic carbocycles. The van der Waals surface area contributed by atoms with Crippen molar-refractivity contribution < 1.29 is 4.79 Å². The van der Waals surface area contributed by atoms with Crippen LogP contribution in [0.2, 0.25) is 0 Å². The van der Waals surface area contributed by atoms with Gasteiger partial charge in [-0.3, -0.25) is 4.79 Å². The molecule has 3 nitrogen and oxygen atoms in total. The van der Waals surface area contributed by atoms with Crippen LogP contribution in [0.3, 0.4) is 0 Å². The lowest BCUT2D eigenvalue weighted by molar-refractivity contribution is -0.120. The van der Waals surface area contributed by atoms with Gasteiger partial charge in [0, 0.05) is 12.0 Å². The molecule has 0 spiro atoms. The lowest BCUT2D eigenvalue weighted by Crippen LogP contribution is -2.39. The second-order valence-electron chi connectivity index (χ2n) is 4.33. The number of nitrogens with one attached hydrogen (secondary N) is 1. The number of benzene rings is 1. The Morgan fingerprint density at radius 1 is 1.31 bits per heavy atom. The Morgan fingerprint density at radius 2 is 2.06 bits per heavy atom. The van der Waals surface area contributed by atoms with E-state index in [0.29, 0.717) is 5.92 Å². The first kappa shape index (κ1) is 11.1. The number of carbonyl (C=O) groups excluding carboxylic acids is 1. The summed E-state index contributed by atoms with van der Waals surface area (Å²) in [5.74, 6) is 0.407. The number of amides is 1. The molecule has 1 aliphatic carbocycles. The van der Waals surface area contributed by atoms with Gasteiger partial charge in [0.2, 0.25) is 5.91 Å². The van der Waals surface area contributed by atoms with Gasteiger partial charge < -0.3 is 11.1 Å². The zero-order valence-corrected chi connectivity index (χ0v) is 9.36. The minimum absolute atomic E-state index is 0.0483. The van der Waals surface area contributed by atoms with Gasteiger partial charge in [0.15, 0.2) is 0 Å². The van der Waals surface area contributed by atoms with E-state index in [9.17, 15) is 4.79 Å². The van der Waals surface area contributed by atoms with Gasteiger partial charge in [-0.15, -0.1) is 0 Å². The molecule has 0 saturated heterocycles. The van der Waals surface area contributed by atoms with Gasteiger partial charge in [0.1, 0.15) is 0 Å². The van der Waals surface area contributed by atoms with Gasteiger partial charge >= 0.3 is 0 Å². The van der Waals surface area contributed by atoms with Crippen LogP contribution in [0.1, 0.15) is 30.7 Å². The van der Waals surface area contributed by atoms with Crippen molar-refractivity contribution in [1.82, 2.24) is 5.32 Å². The van der Waals surface area contributed by atoms with Crippen molar-refractivity contribution in [1.29, 1.82) is 0 Å². The molecule has 2 rings (SSSR count). The van der Waals surface area contributed by atoms with Crippen molar-refractivity contribution >= 4 is 5.91 Å². The molecule has 86 valence electrons. The molecule has 0 bridgehead atoms. The summed E-state index contributed by atoms with van der Waals surface area (Å²) in [7, 11) is 0. The van der Waals surface area contributed by atoms with E-state index >= 15 is 0 Å². The van der Waals surface area contributed by atoms with E-state index in [1.807, 2.05) is 6.07 Å². The van der Waals surface area contributed by atoms with E-state index in [-0.39, 0.29) is 18.5 Å². The van der Waals surface area contributed by atoms with Crippen LogP contribution >= 0.6 is 0 Å². The summed E-state index contributed by atoms with van der Waals surface area (Å²) in [6.07, 6.45) is 3.39. The third kappa shape index (κ3) is 2.42. The van der Waals surface area contributed by atoms with E-state index in [0.717, 1.165) is 12.8 Å². The molecule has 16 heavy (non-hydrogen) atoms. The summed E-state index contributed by atoms with van der Waals surface area (Å²) in [5.41, 5.74) is 6.64. The van der Waals surface area contributed by atoms with Crippen LogP contribution in [-0.4, -0.2) is 18.5 Å². The van der Waals surface area contributed by atoms with Crippen molar-refractivity contribution in [3.8, 4) is 0 Å². The van der Waals surface area contributed by atoms with Gasteiger partial charge in [-0.05, 0) is 18.4 Å². The highest BCUT2D eigenvalue weighted by Crippen LogP contribution is 2.34. The lowest BCUT2D eigenvalue weighted by atomic mass is 9.94. The number of rotatable bonds is 3. The third-order valence-corrected chi connectivity index (χ3v) is 3.28. The van der Waals surface area contributed by atoms with Crippen LogP contribution in [0.15, 0.2) is 30.3 Å². The van der Waals surface area contributed by atoms with E-state index in [2.05, 4.69) is 29.6 Å². The van der Waals surface area contributed by atoms with Gasteiger partial charge in [-0.2, -0.15) is 0 Å². The first-order valence-electron chi connectivity index (χ1n) is 5.85. The molecule has 0 aromatic heterocycles. The van der Waals surface area contributed by atoms with Crippen molar-refractivity contribution in [2.75, 3.05) is 6.54 Å². The molecule has 0 radical (unpaired) electrons. The van der Waals surface area contributed by atoms with Gasteiger partial charge in [-0.1, -0.05) is 36.8 Å². The maximum absolute atomic E-state index is 11.3. The summed E-state index contributed by atoms with van der Waals surface area (Å²) < 4.78 is 0. The van der Waals surface area contributed by atoms with Gasteiger partial charge in [-0.25, -0.2) is 0 Å². The topological polar surface area (TPSA) is 55.1 Å². The van der Waals surface area contributed by atoms with Crippen LogP contribution in [0.5, 0.6) is 0 Å². The smallest absolute Gasteiger partial charge is 0.233 e. The van der Waals surface area contributed by atoms with E-state index in [1.54, 1.807) is 0 Å². The first-order valence-corrected chi connectivity index (χ1v) is 5.85. The van der Waals surface area contributed by atoms with E-state index in [1.165, 1.54) is 12.0 Å². The van der Waals surface area contributed by atoms with Crippen LogP contribution in [0.4, 0.5) is 0 Å². The fourth-order valence-corrected chi connectivity index (χ4v) is 2.50. The maximum atomic E-state index is 11.3. The quantitative estimate of drug-likeness (QED) is 0.805. The normalized spacial score (nSPS) is 24.3.